The molecule has 4 nitrogen and oxygen atoms in total. The van der Waals surface area contributed by atoms with Crippen molar-refractivity contribution in [2.75, 3.05) is 19.8 Å². The van der Waals surface area contributed by atoms with Gasteiger partial charge in [-0.2, -0.15) is 21.6 Å². The molecule has 1 saturated heterocycles. The average Bonchev–Trinajstić information content (AvgIpc) is 2.13. The Bertz CT molecular complexity index is 363. The van der Waals surface area contributed by atoms with Crippen molar-refractivity contribution in [2.45, 2.75) is 17.9 Å². The van der Waals surface area contributed by atoms with Crippen LogP contribution in [0.4, 0.5) is 22.0 Å². The van der Waals surface area contributed by atoms with Gasteiger partial charge in [0.2, 0.25) is 0 Å². The van der Waals surface area contributed by atoms with Crippen molar-refractivity contribution in [1.82, 2.24) is 0 Å². The number of ether oxygens (including phenoxy) is 1. The van der Waals surface area contributed by atoms with Gasteiger partial charge in [-0.25, -0.2) is 8.78 Å². The first kappa shape index (κ1) is 14.6. The smallest absolute Gasteiger partial charge is 0.381 e. The van der Waals surface area contributed by atoms with E-state index in [-0.39, 0.29) is 6.61 Å². The number of halogens is 5. The molecule has 0 N–H and O–H groups in total. The van der Waals surface area contributed by atoms with Crippen molar-refractivity contribution >= 4 is 10.1 Å². The Hall–Kier alpha value is -0.480. The summed E-state index contributed by atoms with van der Waals surface area (Å²) in [6.45, 7) is -2.02. The summed E-state index contributed by atoms with van der Waals surface area (Å²) in [7, 11) is -5.84. The summed E-state index contributed by atoms with van der Waals surface area (Å²) in [4.78, 5) is 0. The van der Waals surface area contributed by atoms with Crippen molar-refractivity contribution in [3.8, 4) is 0 Å². The van der Waals surface area contributed by atoms with Crippen LogP contribution in [-0.4, -0.2) is 39.7 Å². The molecule has 0 aromatic carbocycles. The molecule has 0 aromatic rings. The van der Waals surface area contributed by atoms with Gasteiger partial charge in [0.25, 0.3) is 5.92 Å². The lowest BCUT2D eigenvalue weighted by molar-refractivity contribution is -0.151. The maximum absolute atomic E-state index is 13.1. The molecule has 0 bridgehead atoms. The van der Waals surface area contributed by atoms with E-state index in [1.807, 2.05) is 0 Å². The van der Waals surface area contributed by atoms with Crippen LogP contribution in [0.5, 0.6) is 0 Å². The molecule has 0 spiro atoms. The largest absolute Gasteiger partial charge is 0.523 e. The third-order valence-corrected chi connectivity index (χ3v) is 3.22. The Labute approximate surface area is 93.8 Å². The second-order valence-corrected chi connectivity index (χ2v) is 5.07. The highest BCUT2D eigenvalue weighted by Gasteiger charge is 2.49. The molecule has 1 aliphatic heterocycles. The number of hydrogen-bond acceptors (Lipinski definition) is 4. The topological polar surface area (TPSA) is 52.6 Å². The Morgan fingerprint density at radius 1 is 1.35 bits per heavy atom. The van der Waals surface area contributed by atoms with Gasteiger partial charge in [-0.15, -0.1) is 0 Å². The quantitative estimate of drug-likeness (QED) is 0.448. The minimum atomic E-state index is -5.84. The fraction of sp³-hybridized carbons (Fsp3) is 1.00. The Morgan fingerprint density at radius 2 is 1.94 bits per heavy atom. The van der Waals surface area contributed by atoms with Crippen LogP contribution in [0.3, 0.4) is 0 Å². The van der Waals surface area contributed by atoms with Crippen molar-refractivity contribution < 1.29 is 39.3 Å². The van der Waals surface area contributed by atoms with Crippen LogP contribution in [0.2, 0.25) is 0 Å². The van der Waals surface area contributed by atoms with Crippen molar-refractivity contribution in [3.05, 3.63) is 0 Å². The van der Waals surface area contributed by atoms with Crippen LogP contribution in [0.1, 0.15) is 6.42 Å². The van der Waals surface area contributed by atoms with E-state index in [9.17, 15) is 30.4 Å². The van der Waals surface area contributed by atoms with E-state index in [1.54, 1.807) is 0 Å². The fourth-order valence-electron chi connectivity index (χ4n) is 1.17. The summed E-state index contributed by atoms with van der Waals surface area (Å²) < 4.78 is 90.9. The number of rotatable bonds is 3. The number of hydrogen-bond donors (Lipinski definition) is 0. The molecule has 1 atom stereocenters. The first-order valence-electron chi connectivity index (χ1n) is 4.47. The van der Waals surface area contributed by atoms with Crippen LogP contribution in [0.25, 0.3) is 0 Å². The van der Waals surface area contributed by atoms with Gasteiger partial charge >= 0.3 is 15.6 Å². The lowest BCUT2D eigenvalue weighted by Crippen LogP contribution is -2.42. The molecule has 0 aliphatic carbocycles. The van der Waals surface area contributed by atoms with Crippen LogP contribution in [0.15, 0.2) is 0 Å². The van der Waals surface area contributed by atoms with Crippen LogP contribution in [-0.2, 0) is 19.0 Å². The zero-order valence-electron chi connectivity index (χ0n) is 8.34. The summed E-state index contributed by atoms with van der Waals surface area (Å²) in [6.07, 6.45) is -0.674. The lowest BCUT2D eigenvalue weighted by atomic mass is 9.99. The predicted molar refractivity (Wildman–Crippen MR) is 44.8 cm³/mol. The van der Waals surface area contributed by atoms with Gasteiger partial charge in [0.05, 0.1) is 25.7 Å². The fourth-order valence-corrected chi connectivity index (χ4v) is 1.65. The molecular formula is C7H9F5O4S. The maximum atomic E-state index is 13.1. The molecule has 0 radical (unpaired) electrons. The van der Waals surface area contributed by atoms with E-state index < -0.39 is 47.1 Å². The molecule has 0 saturated carbocycles. The third-order valence-electron chi connectivity index (χ3n) is 2.20. The van der Waals surface area contributed by atoms with Gasteiger partial charge in [-0.1, -0.05) is 0 Å². The first-order valence-corrected chi connectivity index (χ1v) is 5.88. The van der Waals surface area contributed by atoms with Gasteiger partial charge in [0.1, 0.15) is 0 Å². The van der Waals surface area contributed by atoms with Gasteiger partial charge in [0, 0.05) is 6.42 Å². The van der Waals surface area contributed by atoms with Crippen molar-refractivity contribution in [3.63, 3.8) is 0 Å². The standard InChI is InChI=1S/C7H9F5O4S/c8-6(9)1-2-15-3-5(6)4-16-17(13,14)7(10,11)12/h5H,1-4H2. The van der Waals surface area contributed by atoms with Crippen LogP contribution < -0.4 is 0 Å². The zero-order chi connectivity index (χ0) is 13.3. The SMILES string of the molecule is O=S(=O)(OCC1COCCC1(F)F)C(F)(F)F. The molecule has 10 heteroatoms. The Balaban J connectivity index is 2.62. The molecule has 1 heterocycles. The molecular weight excluding hydrogens is 275 g/mol. The van der Waals surface area contributed by atoms with E-state index in [1.165, 1.54) is 0 Å². The van der Waals surface area contributed by atoms with Gasteiger partial charge in [-0.05, 0) is 0 Å². The summed E-state index contributed by atoms with van der Waals surface area (Å²) in [5, 5.41) is 0. The highest BCUT2D eigenvalue weighted by molar-refractivity contribution is 7.87. The molecule has 17 heavy (non-hydrogen) atoms. The Kier molecular flexibility index (Phi) is 3.99. The molecule has 1 unspecified atom stereocenters. The second-order valence-electron chi connectivity index (χ2n) is 3.47. The van der Waals surface area contributed by atoms with Crippen LogP contribution in [0, 0.1) is 5.92 Å². The summed E-state index contributed by atoms with van der Waals surface area (Å²) in [6, 6.07) is 0. The summed E-state index contributed by atoms with van der Waals surface area (Å²) in [5.41, 5.74) is -5.61. The van der Waals surface area contributed by atoms with E-state index in [4.69, 9.17) is 0 Å². The first-order chi connectivity index (χ1) is 7.56. The molecule has 1 fully saturated rings. The molecule has 1 rings (SSSR count). The maximum Gasteiger partial charge on any atom is 0.523 e. The molecule has 0 aromatic heterocycles. The lowest BCUT2D eigenvalue weighted by Gasteiger charge is -2.30. The highest BCUT2D eigenvalue weighted by atomic mass is 32.2. The van der Waals surface area contributed by atoms with E-state index in [2.05, 4.69) is 8.92 Å². The van der Waals surface area contributed by atoms with Gasteiger partial charge in [-0.3, -0.25) is 4.18 Å². The highest BCUT2D eigenvalue weighted by Crippen LogP contribution is 2.34. The minimum Gasteiger partial charge on any atom is -0.381 e. The average molecular weight is 284 g/mol. The van der Waals surface area contributed by atoms with Crippen molar-refractivity contribution in [1.29, 1.82) is 0 Å². The monoisotopic (exact) mass is 284 g/mol. The molecule has 1 aliphatic rings. The van der Waals surface area contributed by atoms with E-state index in [0.29, 0.717) is 0 Å². The third kappa shape index (κ3) is 3.49. The van der Waals surface area contributed by atoms with E-state index in [0.717, 1.165) is 0 Å². The predicted octanol–water partition coefficient (Wildman–Crippen LogP) is 1.52. The normalized spacial score (nSPS) is 25.8. The van der Waals surface area contributed by atoms with Crippen molar-refractivity contribution in [2.24, 2.45) is 5.92 Å². The number of alkyl halides is 5. The minimum absolute atomic E-state index is 0.227. The van der Waals surface area contributed by atoms with E-state index >= 15 is 0 Å². The van der Waals surface area contributed by atoms with Gasteiger partial charge in [0.15, 0.2) is 0 Å². The zero-order valence-corrected chi connectivity index (χ0v) is 9.15. The van der Waals surface area contributed by atoms with Crippen LogP contribution >= 0.6 is 0 Å². The van der Waals surface area contributed by atoms with Gasteiger partial charge < -0.3 is 4.74 Å². The second kappa shape index (κ2) is 4.65. The summed E-state index contributed by atoms with van der Waals surface area (Å²) in [5.74, 6) is -4.99. The molecule has 0 amide bonds. The molecule has 102 valence electrons. The summed E-state index contributed by atoms with van der Waals surface area (Å²) >= 11 is 0. The Morgan fingerprint density at radius 3 is 2.41 bits per heavy atom.